The number of nitrogens with zero attached hydrogens (tertiary/aromatic N) is 2. The van der Waals surface area contributed by atoms with Crippen LogP contribution in [0, 0.1) is 12.3 Å². The van der Waals surface area contributed by atoms with E-state index >= 15 is 0 Å². The Bertz CT molecular complexity index is 394. The summed E-state index contributed by atoms with van der Waals surface area (Å²) in [7, 11) is 0. The number of nitrogens with one attached hydrogen (secondary N) is 1. The highest BCUT2D eigenvalue weighted by atomic mass is 32.2. The smallest absolute Gasteiger partial charge is 0.128 e. The number of thioether (sulfide) groups is 1. The number of pyridine rings is 1. The lowest BCUT2D eigenvalue weighted by atomic mass is 10.1. The maximum absolute atomic E-state index is 5.22. The molecule has 1 aliphatic rings. The van der Waals surface area contributed by atoms with E-state index in [9.17, 15) is 0 Å². The predicted molar refractivity (Wildman–Crippen MR) is 83.6 cm³/mol. The van der Waals surface area contributed by atoms with Crippen LogP contribution in [0.25, 0.3) is 0 Å². The van der Waals surface area contributed by atoms with Crippen LogP contribution in [0.15, 0.2) is 24.4 Å². The van der Waals surface area contributed by atoms with Crippen LogP contribution < -0.4 is 10.2 Å². The standard InChI is InChI=1S/C15H21N3S/c1-2-12-19-13-9-16-14-6-10-18(11-7-14)15-5-3-4-8-17-15/h1,3-5,8,14,16H,6-7,9-13H2. The highest BCUT2D eigenvalue weighted by molar-refractivity contribution is 7.99. The van der Waals surface area contributed by atoms with Crippen LogP contribution in [0.2, 0.25) is 0 Å². The molecule has 0 amide bonds. The molecule has 0 unspecified atom stereocenters. The van der Waals surface area contributed by atoms with E-state index in [1.807, 2.05) is 24.0 Å². The fourth-order valence-electron chi connectivity index (χ4n) is 2.32. The van der Waals surface area contributed by atoms with Crippen molar-refractivity contribution in [1.29, 1.82) is 0 Å². The summed E-state index contributed by atoms with van der Waals surface area (Å²) < 4.78 is 0. The first-order valence-corrected chi connectivity index (χ1v) is 7.96. The Labute approximate surface area is 120 Å². The van der Waals surface area contributed by atoms with Crippen LogP contribution in [0.3, 0.4) is 0 Å². The molecule has 0 aliphatic carbocycles. The Morgan fingerprint density at radius 1 is 1.42 bits per heavy atom. The lowest BCUT2D eigenvalue weighted by Gasteiger charge is -2.33. The highest BCUT2D eigenvalue weighted by Crippen LogP contribution is 2.17. The molecule has 4 heteroatoms. The van der Waals surface area contributed by atoms with Crippen LogP contribution in [-0.4, -0.2) is 42.2 Å². The van der Waals surface area contributed by atoms with E-state index in [2.05, 4.69) is 33.3 Å². The average molecular weight is 275 g/mol. The van der Waals surface area contributed by atoms with Gasteiger partial charge in [0.25, 0.3) is 0 Å². The monoisotopic (exact) mass is 275 g/mol. The van der Waals surface area contributed by atoms with Crippen molar-refractivity contribution in [1.82, 2.24) is 10.3 Å². The van der Waals surface area contributed by atoms with Crippen LogP contribution >= 0.6 is 11.8 Å². The molecule has 1 fully saturated rings. The zero-order valence-corrected chi connectivity index (χ0v) is 12.0. The SMILES string of the molecule is C#CCSCCNC1CCN(c2ccccn2)CC1. The summed E-state index contributed by atoms with van der Waals surface area (Å²) in [4.78, 5) is 6.77. The maximum Gasteiger partial charge on any atom is 0.128 e. The third-order valence-electron chi connectivity index (χ3n) is 3.33. The molecule has 1 aromatic rings. The molecule has 1 aromatic heterocycles. The third kappa shape index (κ3) is 4.77. The first kappa shape index (κ1) is 14.2. The van der Waals surface area contributed by atoms with Gasteiger partial charge in [-0.2, -0.15) is 0 Å². The van der Waals surface area contributed by atoms with Gasteiger partial charge in [0.1, 0.15) is 5.82 Å². The summed E-state index contributed by atoms with van der Waals surface area (Å²) in [5, 5.41) is 3.62. The van der Waals surface area contributed by atoms with Crippen molar-refractivity contribution in [2.45, 2.75) is 18.9 Å². The van der Waals surface area contributed by atoms with Gasteiger partial charge in [-0.05, 0) is 25.0 Å². The van der Waals surface area contributed by atoms with Gasteiger partial charge in [0.2, 0.25) is 0 Å². The molecule has 0 radical (unpaired) electrons. The molecule has 19 heavy (non-hydrogen) atoms. The molecular weight excluding hydrogens is 254 g/mol. The van der Waals surface area contributed by atoms with Crippen molar-refractivity contribution in [3.63, 3.8) is 0 Å². The molecule has 0 saturated carbocycles. The molecule has 0 spiro atoms. The van der Waals surface area contributed by atoms with E-state index in [0.29, 0.717) is 6.04 Å². The van der Waals surface area contributed by atoms with E-state index in [-0.39, 0.29) is 0 Å². The van der Waals surface area contributed by atoms with E-state index in [4.69, 9.17) is 6.42 Å². The number of aromatic nitrogens is 1. The third-order valence-corrected chi connectivity index (χ3v) is 4.20. The number of anilines is 1. The van der Waals surface area contributed by atoms with Gasteiger partial charge in [0.15, 0.2) is 0 Å². The van der Waals surface area contributed by atoms with Gasteiger partial charge in [-0.15, -0.1) is 18.2 Å². The van der Waals surface area contributed by atoms with Crippen molar-refractivity contribution < 1.29 is 0 Å². The van der Waals surface area contributed by atoms with Gasteiger partial charge in [0, 0.05) is 37.6 Å². The minimum absolute atomic E-state index is 0.645. The first-order valence-electron chi connectivity index (χ1n) is 6.80. The molecule has 1 saturated heterocycles. The van der Waals surface area contributed by atoms with Crippen LogP contribution in [-0.2, 0) is 0 Å². The van der Waals surface area contributed by atoms with Gasteiger partial charge < -0.3 is 10.2 Å². The molecule has 2 heterocycles. The quantitative estimate of drug-likeness (QED) is 0.635. The number of piperidine rings is 1. The van der Waals surface area contributed by atoms with Gasteiger partial charge in [0.05, 0.1) is 5.75 Å². The second-order valence-corrected chi connectivity index (χ2v) is 5.77. The molecule has 0 bridgehead atoms. The summed E-state index contributed by atoms with van der Waals surface area (Å²) in [6, 6.07) is 6.75. The van der Waals surface area contributed by atoms with Crippen molar-refractivity contribution >= 4 is 17.6 Å². The summed E-state index contributed by atoms with van der Waals surface area (Å²) in [5.74, 6) is 5.68. The Kier molecular flexibility index (Phi) is 6.06. The Morgan fingerprint density at radius 2 is 2.26 bits per heavy atom. The molecule has 1 N–H and O–H groups in total. The van der Waals surface area contributed by atoms with Gasteiger partial charge in [-0.25, -0.2) is 4.98 Å². The Balaban J connectivity index is 1.64. The van der Waals surface area contributed by atoms with Gasteiger partial charge in [-0.1, -0.05) is 12.0 Å². The Morgan fingerprint density at radius 3 is 2.95 bits per heavy atom. The first-order chi connectivity index (χ1) is 9.40. The minimum atomic E-state index is 0.645. The zero-order chi connectivity index (χ0) is 13.3. The number of terminal acetylenes is 1. The molecule has 3 nitrogen and oxygen atoms in total. The molecule has 2 rings (SSSR count). The van der Waals surface area contributed by atoms with Crippen LogP contribution in [0.1, 0.15) is 12.8 Å². The summed E-state index contributed by atoms with van der Waals surface area (Å²) >= 11 is 1.82. The fourth-order valence-corrected chi connectivity index (χ4v) is 2.84. The van der Waals surface area contributed by atoms with Crippen LogP contribution in [0.5, 0.6) is 0 Å². The summed E-state index contributed by atoms with van der Waals surface area (Å²) in [6.45, 7) is 3.24. The average Bonchev–Trinajstić information content (AvgIpc) is 2.49. The summed E-state index contributed by atoms with van der Waals surface area (Å²) in [6.07, 6.45) is 9.47. The van der Waals surface area contributed by atoms with E-state index in [1.165, 1.54) is 12.8 Å². The maximum atomic E-state index is 5.22. The van der Waals surface area contributed by atoms with E-state index in [0.717, 1.165) is 37.0 Å². The normalized spacial score (nSPS) is 16.3. The number of hydrogen-bond donors (Lipinski definition) is 1. The zero-order valence-electron chi connectivity index (χ0n) is 11.2. The lowest BCUT2D eigenvalue weighted by Crippen LogP contribution is -2.43. The van der Waals surface area contributed by atoms with E-state index < -0.39 is 0 Å². The molecule has 1 aliphatic heterocycles. The number of rotatable bonds is 6. The second-order valence-electron chi connectivity index (χ2n) is 4.66. The minimum Gasteiger partial charge on any atom is -0.357 e. The predicted octanol–water partition coefficient (Wildman–Crippen LogP) is 2.01. The van der Waals surface area contributed by atoms with Crippen molar-refractivity contribution in [2.24, 2.45) is 0 Å². The van der Waals surface area contributed by atoms with E-state index in [1.54, 1.807) is 0 Å². The highest BCUT2D eigenvalue weighted by Gasteiger charge is 2.19. The largest absolute Gasteiger partial charge is 0.357 e. The topological polar surface area (TPSA) is 28.2 Å². The second kappa shape index (κ2) is 8.08. The molecule has 0 aromatic carbocycles. The van der Waals surface area contributed by atoms with Crippen molar-refractivity contribution in [2.75, 3.05) is 36.0 Å². The van der Waals surface area contributed by atoms with Crippen LogP contribution in [0.4, 0.5) is 5.82 Å². The summed E-state index contributed by atoms with van der Waals surface area (Å²) in [5.41, 5.74) is 0. The Hall–Kier alpha value is -1.18. The molecule has 102 valence electrons. The fraction of sp³-hybridized carbons (Fsp3) is 0.533. The lowest BCUT2D eigenvalue weighted by molar-refractivity contribution is 0.423. The van der Waals surface area contributed by atoms with Crippen molar-refractivity contribution in [3.8, 4) is 12.3 Å². The molecular formula is C15H21N3S. The number of hydrogen-bond acceptors (Lipinski definition) is 4. The molecule has 0 atom stereocenters. The van der Waals surface area contributed by atoms with Crippen molar-refractivity contribution in [3.05, 3.63) is 24.4 Å². The van der Waals surface area contributed by atoms with Gasteiger partial charge >= 0.3 is 0 Å². The van der Waals surface area contributed by atoms with Gasteiger partial charge in [-0.3, -0.25) is 0 Å².